The molecule has 1 fully saturated rings. The molecule has 3 heterocycles. The van der Waals surface area contributed by atoms with Crippen LogP contribution in [0.5, 0.6) is 0 Å². The summed E-state index contributed by atoms with van der Waals surface area (Å²) in [5, 5.41) is 2.04. The van der Waals surface area contributed by atoms with E-state index in [1.165, 1.54) is 4.88 Å². The second-order valence-electron chi connectivity index (χ2n) is 5.79. The van der Waals surface area contributed by atoms with Crippen molar-refractivity contribution in [3.05, 3.63) is 45.7 Å². The van der Waals surface area contributed by atoms with E-state index in [-0.39, 0.29) is 12.0 Å². The summed E-state index contributed by atoms with van der Waals surface area (Å²) < 4.78 is 5.79. The van der Waals surface area contributed by atoms with Gasteiger partial charge in [-0.1, -0.05) is 6.07 Å². The lowest BCUT2D eigenvalue weighted by Crippen LogP contribution is -2.42. The molecule has 23 heavy (non-hydrogen) atoms. The molecule has 0 spiro atoms. The zero-order valence-corrected chi connectivity index (χ0v) is 14.3. The monoisotopic (exact) mass is 331 g/mol. The van der Waals surface area contributed by atoms with Gasteiger partial charge >= 0.3 is 0 Å². The molecular formula is C17H21N3O2S. The Hall–Kier alpha value is -1.79. The molecule has 1 unspecified atom stereocenters. The third-order valence-corrected chi connectivity index (χ3v) is 4.81. The molecule has 0 aromatic carbocycles. The second kappa shape index (κ2) is 7.19. The first-order chi connectivity index (χ1) is 11.1. The standard InChI is InChI=1S/C17H21N3O2S/c1-12-10-13(2)19-17(18-12)15-11-20(7-8-22-15)16(21)6-5-14-4-3-9-23-14/h3-4,9-10,15H,5-8,11H2,1-2H3. The van der Waals surface area contributed by atoms with Gasteiger partial charge in [-0.25, -0.2) is 9.97 Å². The molecule has 0 N–H and O–H groups in total. The average Bonchev–Trinajstić information content (AvgIpc) is 3.05. The zero-order valence-electron chi connectivity index (χ0n) is 13.5. The van der Waals surface area contributed by atoms with Crippen molar-refractivity contribution in [2.45, 2.75) is 32.8 Å². The zero-order chi connectivity index (χ0) is 16.2. The predicted molar refractivity (Wildman–Crippen MR) is 89.4 cm³/mol. The topological polar surface area (TPSA) is 55.3 Å². The van der Waals surface area contributed by atoms with Gasteiger partial charge in [-0.05, 0) is 37.8 Å². The summed E-state index contributed by atoms with van der Waals surface area (Å²) in [4.78, 5) is 24.5. The van der Waals surface area contributed by atoms with Crippen LogP contribution in [0.1, 0.15) is 34.6 Å². The Morgan fingerprint density at radius 1 is 1.39 bits per heavy atom. The van der Waals surface area contributed by atoms with E-state index in [2.05, 4.69) is 16.0 Å². The van der Waals surface area contributed by atoms with Crippen molar-refractivity contribution in [2.24, 2.45) is 0 Å². The Morgan fingerprint density at radius 2 is 2.17 bits per heavy atom. The molecule has 1 amide bonds. The van der Waals surface area contributed by atoms with Gasteiger partial charge in [0, 0.05) is 29.2 Å². The van der Waals surface area contributed by atoms with Crippen molar-refractivity contribution >= 4 is 17.2 Å². The number of nitrogens with zero attached hydrogens (tertiary/aromatic N) is 3. The van der Waals surface area contributed by atoms with E-state index in [9.17, 15) is 4.79 Å². The fourth-order valence-corrected chi connectivity index (χ4v) is 3.48. The number of thiophene rings is 1. The Balaban J connectivity index is 1.62. The largest absolute Gasteiger partial charge is 0.367 e. The van der Waals surface area contributed by atoms with Crippen molar-refractivity contribution in [3.63, 3.8) is 0 Å². The number of carbonyl (C=O) groups is 1. The maximum Gasteiger partial charge on any atom is 0.223 e. The molecule has 0 saturated carbocycles. The van der Waals surface area contributed by atoms with Crippen LogP contribution in [0.25, 0.3) is 0 Å². The van der Waals surface area contributed by atoms with Gasteiger partial charge in [-0.2, -0.15) is 0 Å². The highest BCUT2D eigenvalue weighted by Crippen LogP contribution is 2.21. The lowest BCUT2D eigenvalue weighted by molar-refractivity contribution is -0.139. The molecule has 1 aliphatic heterocycles. The fraction of sp³-hybridized carbons (Fsp3) is 0.471. The van der Waals surface area contributed by atoms with Crippen LogP contribution in [-0.2, 0) is 16.0 Å². The van der Waals surface area contributed by atoms with Gasteiger partial charge in [-0.15, -0.1) is 11.3 Å². The minimum absolute atomic E-state index is 0.177. The molecule has 1 atom stereocenters. The third kappa shape index (κ3) is 4.14. The maximum absolute atomic E-state index is 12.4. The van der Waals surface area contributed by atoms with E-state index in [1.54, 1.807) is 11.3 Å². The molecule has 0 bridgehead atoms. The Labute approximate surface area is 140 Å². The molecule has 0 aliphatic carbocycles. The van der Waals surface area contributed by atoms with Crippen molar-refractivity contribution in [2.75, 3.05) is 19.7 Å². The molecule has 5 nitrogen and oxygen atoms in total. The van der Waals surface area contributed by atoms with Gasteiger partial charge in [-0.3, -0.25) is 4.79 Å². The minimum atomic E-state index is -0.229. The Bertz CT molecular complexity index is 652. The SMILES string of the molecule is Cc1cc(C)nc(C2CN(C(=O)CCc3cccs3)CCO2)n1. The molecule has 6 heteroatoms. The van der Waals surface area contributed by atoms with Crippen LogP contribution in [0, 0.1) is 13.8 Å². The molecule has 3 rings (SSSR count). The molecule has 2 aromatic heterocycles. The number of carbonyl (C=O) groups excluding carboxylic acids is 1. The number of amides is 1. The smallest absolute Gasteiger partial charge is 0.223 e. The van der Waals surface area contributed by atoms with Gasteiger partial charge in [0.25, 0.3) is 0 Å². The van der Waals surface area contributed by atoms with Crippen LogP contribution in [0.15, 0.2) is 23.6 Å². The molecule has 1 saturated heterocycles. The van der Waals surface area contributed by atoms with Crippen LogP contribution < -0.4 is 0 Å². The number of aryl methyl sites for hydroxylation is 3. The highest BCUT2D eigenvalue weighted by atomic mass is 32.1. The maximum atomic E-state index is 12.4. The predicted octanol–water partition coefficient (Wildman–Crippen LogP) is 2.69. The summed E-state index contributed by atoms with van der Waals surface area (Å²) in [6, 6.07) is 6.03. The number of hydrogen-bond acceptors (Lipinski definition) is 5. The van der Waals surface area contributed by atoms with Crippen LogP contribution in [0.2, 0.25) is 0 Å². The first kappa shape index (κ1) is 16.1. The fourth-order valence-electron chi connectivity index (χ4n) is 2.77. The van der Waals surface area contributed by atoms with E-state index >= 15 is 0 Å². The highest BCUT2D eigenvalue weighted by Gasteiger charge is 2.27. The summed E-state index contributed by atoms with van der Waals surface area (Å²) in [5.74, 6) is 0.856. The highest BCUT2D eigenvalue weighted by molar-refractivity contribution is 7.09. The normalized spacial score (nSPS) is 18.2. The van der Waals surface area contributed by atoms with Gasteiger partial charge in [0.05, 0.1) is 13.2 Å². The number of rotatable bonds is 4. The van der Waals surface area contributed by atoms with E-state index in [0.29, 0.717) is 31.9 Å². The molecule has 0 radical (unpaired) electrons. The number of morpholine rings is 1. The third-order valence-electron chi connectivity index (χ3n) is 3.87. The number of ether oxygens (including phenoxy) is 1. The van der Waals surface area contributed by atoms with Crippen LogP contribution in [0.3, 0.4) is 0 Å². The summed E-state index contributed by atoms with van der Waals surface area (Å²) >= 11 is 1.70. The van der Waals surface area contributed by atoms with Crippen molar-refractivity contribution in [1.29, 1.82) is 0 Å². The van der Waals surface area contributed by atoms with Crippen LogP contribution >= 0.6 is 11.3 Å². The van der Waals surface area contributed by atoms with E-state index in [1.807, 2.05) is 36.3 Å². The molecular weight excluding hydrogens is 310 g/mol. The average molecular weight is 331 g/mol. The van der Waals surface area contributed by atoms with Gasteiger partial charge in [0.2, 0.25) is 5.91 Å². The number of aromatic nitrogens is 2. The van der Waals surface area contributed by atoms with E-state index in [0.717, 1.165) is 17.8 Å². The van der Waals surface area contributed by atoms with Crippen LogP contribution in [0.4, 0.5) is 0 Å². The molecule has 122 valence electrons. The second-order valence-corrected chi connectivity index (χ2v) is 6.82. The van der Waals surface area contributed by atoms with Gasteiger partial charge in [0.15, 0.2) is 5.82 Å². The minimum Gasteiger partial charge on any atom is -0.367 e. The van der Waals surface area contributed by atoms with E-state index < -0.39 is 0 Å². The van der Waals surface area contributed by atoms with Gasteiger partial charge < -0.3 is 9.64 Å². The van der Waals surface area contributed by atoms with Crippen molar-refractivity contribution < 1.29 is 9.53 Å². The lowest BCUT2D eigenvalue weighted by atomic mass is 10.2. The lowest BCUT2D eigenvalue weighted by Gasteiger charge is -2.32. The van der Waals surface area contributed by atoms with Crippen LogP contribution in [-0.4, -0.2) is 40.5 Å². The quantitative estimate of drug-likeness (QED) is 0.864. The van der Waals surface area contributed by atoms with E-state index in [4.69, 9.17) is 4.74 Å². The molecule has 2 aromatic rings. The summed E-state index contributed by atoms with van der Waals surface area (Å²) in [6.07, 6.45) is 1.12. The summed E-state index contributed by atoms with van der Waals surface area (Å²) in [5.41, 5.74) is 1.86. The van der Waals surface area contributed by atoms with Crippen molar-refractivity contribution in [1.82, 2.24) is 14.9 Å². The van der Waals surface area contributed by atoms with Gasteiger partial charge in [0.1, 0.15) is 6.10 Å². The number of hydrogen-bond donors (Lipinski definition) is 0. The summed E-state index contributed by atoms with van der Waals surface area (Å²) in [6.45, 7) is 5.61. The Kier molecular flexibility index (Phi) is 5.03. The first-order valence-corrected chi connectivity index (χ1v) is 8.74. The Morgan fingerprint density at radius 3 is 2.87 bits per heavy atom. The van der Waals surface area contributed by atoms with Crippen molar-refractivity contribution in [3.8, 4) is 0 Å². The first-order valence-electron chi connectivity index (χ1n) is 7.86. The molecule has 1 aliphatic rings. The summed E-state index contributed by atoms with van der Waals surface area (Å²) in [7, 11) is 0.